The molecule has 1 amide bonds. The largest absolute Gasteiger partial charge is 0.469 e. The molecule has 2 aliphatic rings. The van der Waals surface area contributed by atoms with Gasteiger partial charge in [0.05, 0.1) is 12.9 Å². The molecule has 1 atom stereocenters. The summed E-state index contributed by atoms with van der Waals surface area (Å²) < 4.78 is 16.3. The molecule has 8 nitrogen and oxygen atoms in total. The summed E-state index contributed by atoms with van der Waals surface area (Å²) in [7, 11) is 0. The van der Waals surface area contributed by atoms with Gasteiger partial charge in [-0.25, -0.2) is 4.79 Å². The van der Waals surface area contributed by atoms with Crippen LogP contribution in [0.5, 0.6) is 0 Å². The second-order valence-corrected chi connectivity index (χ2v) is 9.51. The predicted molar refractivity (Wildman–Crippen MR) is 136 cm³/mol. The van der Waals surface area contributed by atoms with Crippen LogP contribution in [0.3, 0.4) is 0 Å². The Kier molecular flexibility index (Phi) is 11.1. The predicted octanol–water partition coefficient (Wildman–Crippen LogP) is 3.85. The Morgan fingerprint density at radius 1 is 1.16 bits per heavy atom. The van der Waals surface area contributed by atoms with E-state index in [4.69, 9.17) is 18.9 Å². The van der Waals surface area contributed by atoms with Crippen LogP contribution in [0.2, 0.25) is 0 Å². The van der Waals surface area contributed by atoms with Crippen molar-refractivity contribution >= 4 is 36.0 Å². The van der Waals surface area contributed by atoms with E-state index in [-0.39, 0.29) is 36.1 Å². The van der Waals surface area contributed by atoms with Crippen LogP contribution < -0.4 is 16.0 Å². The number of nitrogens with zero attached hydrogens (tertiary/aromatic N) is 1. The van der Waals surface area contributed by atoms with Crippen LogP contribution in [-0.4, -0.2) is 56.0 Å². The fraction of sp³-hybridized carbons (Fsp3) is 0.739. The molecule has 3 rings (SSSR count). The summed E-state index contributed by atoms with van der Waals surface area (Å²) >= 11 is 0. The van der Waals surface area contributed by atoms with Crippen molar-refractivity contribution in [1.29, 1.82) is 0 Å². The number of halogens is 1. The van der Waals surface area contributed by atoms with Crippen LogP contribution in [-0.2, 0) is 15.9 Å². The van der Waals surface area contributed by atoms with Crippen molar-refractivity contribution in [3.05, 3.63) is 24.2 Å². The fourth-order valence-corrected chi connectivity index (χ4v) is 3.91. The second-order valence-electron chi connectivity index (χ2n) is 9.51. The fourth-order valence-electron chi connectivity index (χ4n) is 3.91. The molecule has 0 aromatic carbocycles. The molecule has 0 radical (unpaired) electrons. The van der Waals surface area contributed by atoms with E-state index >= 15 is 0 Å². The van der Waals surface area contributed by atoms with E-state index in [2.05, 4.69) is 16.0 Å². The molecule has 1 saturated carbocycles. The smallest absolute Gasteiger partial charge is 0.407 e. The van der Waals surface area contributed by atoms with Crippen LogP contribution in [0.1, 0.15) is 58.6 Å². The van der Waals surface area contributed by atoms with Crippen molar-refractivity contribution < 1.29 is 18.7 Å². The number of ether oxygens (including phenoxy) is 2. The number of aliphatic imine (C=N–C) groups is 1. The summed E-state index contributed by atoms with van der Waals surface area (Å²) in [5.74, 6) is 2.31. The molecule has 0 bridgehead atoms. The van der Waals surface area contributed by atoms with Crippen LogP contribution in [0, 0.1) is 5.92 Å². The van der Waals surface area contributed by atoms with Gasteiger partial charge in [0, 0.05) is 44.1 Å². The van der Waals surface area contributed by atoms with Gasteiger partial charge < -0.3 is 29.8 Å². The minimum Gasteiger partial charge on any atom is -0.469 e. The number of rotatable bonds is 7. The highest BCUT2D eigenvalue weighted by Crippen LogP contribution is 2.19. The summed E-state index contributed by atoms with van der Waals surface area (Å²) in [5.41, 5.74) is -0.472. The average Bonchev–Trinajstić information content (AvgIpc) is 3.40. The number of furan rings is 1. The van der Waals surface area contributed by atoms with Crippen molar-refractivity contribution in [2.45, 2.75) is 77.0 Å². The van der Waals surface area contributed by atoms with E-state index in [0.29, 0.717) is 12.0 Å². The maximum absolute atomic E-state index is 12.0. The number of hydrogen-bond donors (Lipinski definition) is 3. The van der Waals surface area contributed by atoms with Crippen LogP contribution >= 0.6 is 24.0 Å². The first-order valence-corrected chi connectivity index (χ1v) is 11.5. The first kappa shape index (κ1) is 26.8. The Hall–Kier alpha value is -1.49. The topological polar surface area (TPSA) is 97.1 Å². The summed E-state index contributed by atoms with van der Waals surface area (Å²) in [5, 5.41) is 10.0. The Balaban J connectivity index is 0.00000363. The van der Waals surface area contributed by atoms with E-state index in [1.165, 1.54) is 0 Å². The summed E-state index contributed by atoms with van der Waals surface area (Å²) in [6.45, 7) is 8.80. The van der Waals surface area contributed by atoms with Gasteiger partial charge in [-0.05, 0) is 65.0 Å². The quantitative estimate of drug-likeness (QED) is 0.266. The first-order valence-electron chi connectivity index (χ1n) is 11.5. The highest BCUT2D eigenvalue weighted by atomic mass is 127. The van der Waals surface area contributed by atoms with Gasteiger partial charge in [0.2, 0.25) is 0 Å². The third-order valence-electron chi connectivity index (χ3n) is 5.56. The molecule has 2 fully saturated rings. The first-order chi connectivity index (χ1) is 14.9. The lowest BCUT2D eigenvalue weighted by Gasteiger charge is -2.31. The lowest BCUT2D eigenvalue weighted by Crippen LogP contribution is -2.48. The summed E-state index contributed by atoms with van der Waals surface area (Å²) in [4.78, 5) is 16.8. The van der Waals surface area contributed by atoms with Crippen molar-refractivity contribution in [1.82, 2.24) is 16.0 Å². The lowest BCUT2D eigenvalue weighted by atomic mass is 9.91. The SMILES string of the molecule is CC(C)(C)OC(=O)NC1CCC(NC(=NCC2CCOC2)NCCc2ccco2)CC1.I. The normalized spacial score (nSPS) is 23.8. The zero-order chi connectivity index (χ0) is 22.1. The summed E-state index contributed by atoms with van der Waals surface area (Å²) in [6, 6.07) is 4.40. The molecule has 0 spiro atoms. The van der Waals surface area contributed by atoms with Gasteiger partial charge in [-0.1, -0.05) is 0 Å². The van der Waals surface area contributed by atoms with Crippen molar-refractivity contribution in [2.75, 3.05) is 26.3 Å². The Bertz CT molecular complexity index is 691. The van der Waals surface area contributed by atoms with Crippen LogP contribution in [0.25, 0.3) is 0 Å². The minimum atomic E-state index is -0.472. The molecule has 1 aromatic rings. The number of nitrogens with one attached hydrogen (secondary N) is 3. The molecular formula is C23H39IN4O4. The number of hydrogen-bond acceptors (Lipinski definition) is 5. The van der Waals surface area contributed by atoms with Gasteiger partial charge in [0.25, 0.3) is 0 Å². The van der Waals surface area contributed by atoms with Gasteiger partial charge in [0.1, 0.15) is 11.4 Å². The number of guanidine groups is 1. The maximum atomic E-state index is 12.0. The Morgan fingerprint density at radius 3 is 2.47 bits per heavy atom. The molecule has 1 saturated heterocycles. The Labute approximate surface area is 208 Å². The van der Waals surface area contributed by atoms with E-state index in [1.54, 1.807) is 6.26 Å². The van der Waals surface area contributed by atoms with Gasteiger partial charge in [-0.3, -0.25) is 4.99 Å². The Morgan fingerprint density at radius 2 is 1.88 bits per heavy atom. The standard InChI is InChI=1S/C23H38N4O4.HI/c1-23(2,3)31-22(28)27-19-8-6-18(7-9-19)26-21(25-15-17-11-14-29-16-17)24-12-10-20-5-4-13-30-20;/h4-5,13,17-19H,6-12,14-16H2,1-3H3,(H,27,28)(H2,24,25,26);1H. The van der Waals surface area contributed by atoms with Crippen molar-refractivity contribution in [2.24, 2.45) is 10.9 Å². The van der Waals surface area contributed by atoms with Crippen molar-refractivity contribution in [3.63, 3.8) is 0 Å². The molecule has 3 N–H and O–H groups in total. The van der Waals surface area contributed by atoms with E-state index in [9.17, 15) is 4.79 Å². The van der Waals surface area contributed by atoms with Gasteiger partial charge in [-0.2, -0.15) is 0 Å². The highest BCUT2D eigenvalue weighted by molar-refractivity contribution is 14.0. The molecule has 9 heteroatoms. The van der Waals surface area contributed by atoms with Gasteiger partial charge in [-0.15, -0.1) is 24.0 Å². The third kappa shape index (κ3) is 9.97. The van der Waals surface area contributed by atoms with Gasteiger partial charge in [0.15, 0.2) is 5.96 Å². The highest BCUT2D eigenvalue weighted by Gasteiger charge is 2.25. The average molecular weight is 562 g/mol. The number of carbonyl (C=O) groups excluding carboxylic acids is 1. The van der Waals surface area contributed by atoms with Crippen molar-refractivity contribution in [3.8, 4) is 0 Å². The maximum Gasteiger partial charge on any atom is 0.407 e. The molecule has 1 aliphatic heterocycles. The van der Waals surface area contributed by atoms with E-state index in [0.717, 1.165) is 76.5 Å². The molecule has 1 aromatic heterocycles. The molecule has 1 aliphatic carbocycles. The second kappa shape index (κ2) is 13.3. The zero-order valence-electron chi connectivity index (χ0n) is 19.5. The third-order valence-corrected chi connectivity index (χ3v) is 5.56. The minimum absolute atomic E-state index is 0. The molecular weight excluding hydrogens is 523 g/mol. The molecule has 1 unspecified atom stereocenters. The van der Waals surface area contributed by atoms with Crippen LogP contribution in [0.15, 0.2) is 27.8 Å². The molecule has 182 valence electrons. The zero-order valence-corrected chi connectivity index (χ0v) is 21.9. The lowest BCUT2D eigenvalue weighted by molar-refractivity contribution is 0.0490. The molecule has 32 heavy (non-hydrogen) atoms. The monoisotopic (exact) mass is 562 g/mol. The number of carbonyl (C=O) groups is 1. The number of alkyl carbamates (subject to hydrolysis) is 1. The molecule has 2 heterocycles. The van der Waals surface area contributed by atoms with Crippen LogP contribution in [0.4, 0.5) is 4.79 Å². The summed E-state index contributed by atoms with van der Waals surface area (Å²) in [6.07, 6.45) is 7.06. The number of amides is 1. The van der Waals surface area contributed by atoms with E-state index < -0.39 is 5.60 Å². The van der Waals surface area contributed by atoms with Gasteiger partial charge >= 0.3 is 6.09 Å². The van der Waals surface area contributed by atoms with E-state index in [1.807, 2.05) is 32.9 Å².